The summed E-state index contributed by atoms with van der Waals surface area (Å²) in [6.07, 6.45) is 0.928. The van der Waals surface area contributed by atoms with Crippen LogP contribution in [0, 0.1) is 17.1 Å². The van der Waals surface area contributed by atoms with Gasteiger partial charge in [0, 0.05) is 6.04 Å². The molecule has 0 saturated heterocycles. The summed E-state index contributed by atoms with van der Waals surface area (Å²) in [6.45, 7) is 4.04. The molecule has 0 aliphatic heterocycles. The lowest BCUT2D eigenvalue weighted by atomic mass is 10.1. The number of hydrogen-bond acceptors (Lipinski definition) is 2. The van der Waals surface area contributed by atoms with Gasteiger partial charge in [0.05, 0.1) is 10.5 Å². The third-order valence-electron chi connectivity index (χ3n) is 2.47. The highest BCUT2D eigenvalue weighted by Gasteiger charge is 2.14. The van der Waals surface area contributed by atoms with E-state index in [0.717, 1.165) is 6.42 Å². The molecule has 0 heterocycles. The van der Waals surface area contributed by atoms with Crippen LogP contribution in [0.4, 0.5) is 4.39 Å². The Bertz CT molecular complexity index is 400. The SMILES string of the molecule is CCC(C)NC(C#N)c1ccc(Br)c(F)c1. The van der Waals surface area contributed by atoms with E-state index in [1.165, 1.54) is 6.07 Å². The van der Waals surface area contributed by atoms with Crippen molar-refractivity contribution in [3.05, 3.63) is 34.1 Å². The second-order valence-corrected chi connectivity index (χ2v) is 4.57. The Morgan fingerprint density at radius 2 is 2.25 bits per heavy atom. The second kappa shape index (κ2) is 5.97. The van der Waals surface area contributed by atoms with Gasteiger partial charge in [-0.25, -0.2) is 4.39 Å². The average Bonchev–Trinajstić information content (AvgIpc) is 2.29. The number of rotatable bonds is 4. The first-order valence-corrected chi connectivity index (χ1v) is 5.98. The fraction of sp³-hybridized carbons (Fsp3) is 0.417. The summed E-state index contributed by atoms with van der Waals surface area (Å²) < 4.78 is 13.7. The molecule has 2 nitrogen and oxygen atoms in total. The Morgan fingerprint density at radius 3 is 2.75 bits per heavy atom. The Morgan fingerprint density at radius 1 is 1.56 bits per heavy atom. The van der Waals surface area contributed by atoms with Crippen LogP contribution in [-0.4, -0.2) is 6.04 Å². The van der Waals surface area contributed by atoms with Crippen LogP contribution in [0.2, 0.25) is 0 Å². The minimum atomic E-state index is -0.461. The molecule has 1 rings (SSSR count). The van der Waals surface area contributed by atoms with E-state index in [9.17, 15) is 4.39 Å². The molecule has 86 valence electrons. The summed E-state index contributed by atoms with van der Waals surface area (Å²) in [6, 6.07) is 6.66. The van der Waals surface area contributed by atoms with Crippen molar-refractivity contribution >= 4 is 15.9 Å². The van der Waals surface area contributed by atoms with E-state index in [4.69, 9.17) is 5.26 Å². The highest BCUT2D eigenvalue weighted by atomic mass is 79.9. The normalized spacial score (nSPS) is 14.2. The minimum absolute atomic E-state index is 0.233. The molecule has 0 aliphatic carbocycles. The Hall–Kier alpha value is -0.920. The lowest BCUT2D eigenvalue weighted by Gasteiger charge is -2.17. The molecule has 0 bridgehead atoms. The molecule has 0 fully saturated rings. The molecule has 16 heavy (non-hydrogen) atoms. The standard InChI is InChI=1S/C12H14BrFN2/c1-3-8(2)16-12(7-15)9-4-5-10(13)11(14)6-9/h4-6,8,12,16H,3H2,1-2H3. The molecule has 0 radical (unpaired) electrons. The summed E-state index contributed by atoms with van der Waals surface area (Å²) in [5.74, 6) is -0.344. The molecule has 0 amide bonds. The van der Waals surface area contributed by atoms with Gasteiger partial charge in [-0.05, 0) is 47.0 Å². The molecule has 0 aliphatic rings. The lowest BCUT2D eigenvalue weighted by Crippen LogP contribution is -2.29. The van der Waals surface area contributed by atoms with Crippen molar-refractivity contribution in [3.63, 3.8) is 0 Å². The summed E-state index contributed by atoms with van der Waals surface area (Å²) in [5, 5.41) is 12.2. The summed E-state index contributed by atoms with van der Waals surface area (Å²) in [4.78, 5) is 0. The van der Waals surface area contributed by atoms with Gasteiger partial charge in [0.15, 0.2) is 0 Å². The number of halogens is 2. The lowest BCUT2D eigenvalue weighted by molar-refractivity contribution is 0.499. The number of hydrogen-bond donors (Lipinski definition) is 1. The van der Waals surface area contributed by atoms with Gasteiger partial charge in [0.25, 0.3) is 0 Å². The maximum atomic E-state index is 13.3. The Labute approximate surface area is 104 Å². The van der Waals surface area contributed by atoms with Crippen molar-refractivity contribution in [2.24, 2.45) is 0 Å². The van der Waals surface area contributed by atoms with Crippen LogP contribution in [-0.2, 0) is 0 Å². The van der Waals surface area contributed by atoms with Crippen LogP contribution in [0.25, 0.3) is 0 Å². The van der Waals surface area contributed by atoms with Crippen LogP contribution in [0.5, 0.6) is 0 Å². The predicted molar refractivity (Wildman–Crippen MR) is 65.3 cm³/mol. The first-order chi connectivity index (χ1) is 7.58. The number of nitrogens with zero attached hydrogens (tertiary/aromatic N) is 1. The predicted octanol–water partition coefficient (Wildman–Crippen LogP) is 3.54. The monoisotopic (exact) mass is 284 g/mol. The molecular weight excluding hydrogens is 271 g/mol. The molecule has 0 saturated carbocycles. The van der Waals surface area contributed by atoms with Gasteiger partial charge in [-0.1, -0.05) is 13.0 Å². The van der Waals surface area contributed by atoms with Gasteiger partial charge in [0.1, 0.15) is 11.9 Å². The first-order valence-electron chi connectivity index (χ1n) is 5.19. The van der Waals surface area contributed by atoms with Crippen molar-refractivity contribution in [2.75, 3.05) is 0 Å². The van der Waals surface area contributed by atoms with Gasteiger partial charge in [-0.2, -0.15) is 5.26 Å². The van der Waals surface area contributed by atoms with Gasteiger partial charge >= 0.3 is 0 Å². The first kappa shape index (κ1) is 13.1. The highest BCUT2D eigenvalue weighted by molar-refractivity contribution is 9.10. The highest BCUT2D eigenvalue weighted by Crippen LogP contribution is 2.21. The van der Waals surface area contributed by atoms with Crippen LogP contribution in [0.3, 0.4) is 0 Å². The number of nitrogens with one attached hydrogen (secondary N) is 1. The third-order valence-corrected chi connectivity index (χ3v) is 3.11. The molecule has 2 unspecified atom stereocenters. The van der Waals surface area contributed by atoms with E-state index < -0.39 is 6.04 Å². The summed E-state index contributed by atoms with van der Waals surface area (Å²) in [5.41, 5.74) is 0.656. The summed E-state index contributed by atoms with van der Waals surface area (Å²) >= 11 is 3.09. The number of benzene rings is 1. The molecule has 2 atom stereocenters. The van der Waals surface area contributed by atoms with E-state index in [1.54, 1.807) is 12.1 Å². The van der Waals surface area contributed by atoms with Crippen molar-refractivity contribution in [1.82, 2.24) is 5.32 Å². The zero-order chi connectivity index (χ0) is 12.1. The quantitative estimate of drug-likeness (QED) is 0.918. The van der Waals surface area contributed by atoms with Crippen LogP contribution >= 0.6 is 15.9 Å². The molecular formula is C12H14BrFN2. The smallest absolute Gasteiger partial charge is 0.137 e. The zero-order valence-corrected chi connectivity index (χ0v) is 10.9. The van der Waals surface area contributed by atoms with Crippen molar-refractivity contribution in [2.45, 2.75) is 32.4 Å². The minimum Gasteiger partial charge on any atom is -0.296 e. The zero-order valence-electron chi connectivity index (χ0n) is 9.30. The largest absolute Gasteiger partial charge is 0.296 e. The van der Waals surface area contributed by atoms with Crippen LogP contribution in [0.15, 0.2) is 22.7 Å². The van der Waals surface area contributed by atoms with E-state index in [1.807, 2.05) is 13.8 Å². The van der Waals surface area contributed by atoms with Crippen molar-refractivity contribution < 1.29 is 4.39 Å². The molecule has 1 aromatic carbocycles. The average molecular weight is 285 g/mol. The van der Waals surface area contributed by atoms with E-state index in [2.05, 4.69) is 27.3 Å². The fourth-order valence-corrected chi connectivity index (χ4v) is 1.55. The molecule has 0 aromatic heterocycles. The number of nitriles is 1. The van der Waals surface area contributed by atoms with E-state index in [-0.39, 0.29) is 11.9 Å². The van der Waals surface area contributed by atoms with Gasteiger partial charge in [-0.3, -0.25) is 5.32 Å². The Balaban J connectivity index is 2.88. The topological polar surface area (TPSA) is 35.8 Å². The molecule has 1 N–H and O–H groups in total. The van der Waals surface area contributed by atoms with Crippen molar-refractivity contribution in [1.29, 1.82) is 5.26 Å². The van der Waals surface area contributed by atoms with Gasteiger partial charge in [-0.15, -0.1) is 0 Å². The van der Waals surface area contributed by atoms with Crippen LogP contribution in [0.1, 0.15) is 31.9 Å². The van der Waals surface area contributed by atoms with Gasteiger partial charge in [0.2, 0.25) is 0 Å². The maximum absolute atomic E-state index is 13.3. The molecule has 4 heteroatoms. The van der Waals surface area contributed by atoms with Gasteiger partial charge < -0.3 is 0 Å². The molecule has 1 aromatic rings. The van der Waals surface area contributed by atoms with Crippen molar-refractivity contribution in [3.8, 4) is 6.07 Å². The van der Waals surface area contributed by atoms with E-state index >= 15 is 0 Å². The summed E-state index contributed by atoms with van der Waals surface area (Å²) in [7, 11) is 0. The molecule has 0 spiro atoms. The van der Waals surface area contributed by atoms with Crippen LogP contribution < -0.4 is 5.32 Å². The maximum Gasteiger partial charge on any atom is 0.137 e. The van der Waals surface area contributed by atoms with E-state index in [0.29, 0.717) is 10.0 Å². The second-order valence-electron chi connectivity index (χ2n) is 3.71. The Kier molecular flexibility index (Phi) is 4.91. The third kappa shape index (κ3) is 3.29. The fourth-order valence-electron chi connectivity index (χ4n) is 1.30.